The van der Waals surface area contributed by atoms with Crippen LogP contribution < -0.4 is 5.43 Å². The molecule has 0 radical (unpaired) electrons. The zero-order valence-corrected chi connectivity index (χ0v) is 17.9. The summed E-state index contributed by atoms with van der Waals surface area (Å²) in [6.07, 6.45) is 4.57. The number of amides is 1. The summed E-state index contributed by atoms with van der Waals surface area (Å²) in [6, 6.07) is 10.6. The molecule has 0 saturated carbocycles. The third-order valence-electron chi connectivity index (χ3n) is 5.40. The lowest BCUT2D eigenvalue weighted by Gasteiger charge is -2.10. The average molecular weight is 450 g/mol. The van der Waals surface area contributed by atoms with Gasteiger partial charge in [0.2, 0.25) is 5.75 Å². The topological polar surface area (TPSA) is 140 Å². The number of hydrogen-bond donors (Lipinski definition) is 2. The Morgan fingerprint density at radius 2 is 2.06 bits per heavy atom. The highest BCUT2D eigenvalue weighted by Gasteiger charge is 2.27. The highest BCUT2D eigenvalue weighted by molar-refractivity contribution is 6.05. The number of hydrogen-bond acceptors (Lipinski definition) is 8. The molecule has 1 aromatic heterocycles. The molecule has 1 amide bonds. The molecule has 0 spiro atoms. The van der Waals surface area contributed by atoms with Gasteiger partial charge in [-0.3, -0.25) is 14.9 Å². The Morgan fingerprint density at radius 3 is 2.82 bits per heavy atom. The van der Waals surface area contributed by atoms with Crippen LogP contribution in [0.25, 0.3) is 11.0 Å². The maximum Gasteiger partial charge on any atom is 0.315 e. The average Bonchev–Trinajstić information content (AvgIpc) is 3.19. The number of fused-ring (bicyclic) bond motifs is 3. The molecule has 2 N–H and O–H groups in total. The number of hydrazone groups is 1. The Kier molecular flexibility index (Phi) is 6.34. The van der Waals surface area contributed by atoms with Crippen molar-refractivity contribution >= 4 is 34.5 Å². The standard InChI is InChI=1S/C23H22N4O6/c1-14(15-7-3-2-4-8-15)26-32-13-21(28)25-24-12-17-22-16-9-5-6-10-19(16)33-20(22)11-18(23(17)29)27(30)31/h2-4,7-8,11-12,29H,5-6,9-10,13H2,1H3,(H,25,28)/b24-12-,26-14-. The Labute approximate surface area is 188 Å². The van der Waals surface area contributed by atoms with Crippen LogP contribution in [-0.2, 0) is 22.5 Å². The maximum absolute atomic E-state index is 12.0. The van der Waals surface area contributed by atoms with Crippen LogP contribution in [0.4, 0.5) is 5.69 Å². The van der Waals surface area contributed by atoms with Crippen LogP contribution in [0.3, 0.4) is 0 Å². The Morgan fingerprint density at radius 1 is 1.30 bits per heavy atom. The second-order valence-corrected chi connectivity index (χ2v) is 7.61. The Balaban J connectivity index is 1.50. The second-order valence-electron chi connectivity index (χ2n) is 7.61. The van der Waals surface area contributed by atoms with Crippen molar-refractivity contribution in [1.82, 2.24) is 5.43 Å². The minimum Gasteiger partial charge on any atom is -0.502 e. The van der Waals surface area contributed by atoms with Gasteiger partial charge in [-0.15, -0.1) is 0 Å². The van der Waals surface area contributed by atoms with Crippen molar-refractivity contribution in [3.63, 3.8) is 0 Å². The summed E-state index contributed by atoms with van der Waals surface area (Å²) < 4.78 is 5.82. The molecule has 0 aliphatic heterocycles. The highest BCUT2D eigenvalue weighted by Crippen LogP contribution is 2.41. The molecule has 0 atom stereocenters. The number of nitro groups is 1. The lowest BCUT2D eigenvalue weighted by atomic mass is 9.93. The number of rotatable bonds is 7. The van der Waals surface area contributed by atoms with Crippen LogP contribution in [0.1, 0.15) is 42.2 Å². The molecule has 10 heteroatoms. The smallest absolute Gasteiger partial charge is 0.315 e. The summed E-state index contributed by atoms with van der Waals surface area (Å²) in [5.74, 6) is -0.347. The molecule has 4 rings (SSSR count). The molecule has 33 heavy (non-hydrogen) atoms. The van der Waals surface area contributed by atoms with E-state index in [1.807, 2.05) is 30.3 Å². The van der Waals surface area contributed by atoms with E-state index in [1.165, 1.54) is 12.3 Å². The molecule has 0 unspecified atom stereocenters. The van der Waals surface area contributed by atoms with Gasteiger partial charge in [0.15, 0.2) is 6.61 Å². The van der Waals surface area contributed by atoms with Crippen molar-refractivity contribution in [1.29, 1.82) is 0 Å². The van der Waals surface area contributed by atoms with E-state index in [9.17, 15) is 20.0 Å². The van der Waals surface area contributed by atoms with Gasteiger partial charge >= 0.3 is 5.69 Å². The van der Waals surface area contributed by atoms with E-state index in [0.717, 1.165) is 42.6 Å². The van der Waals surface area contributed by atoms with E-state index in [2.05, 4.69) is 15.7 Å². The number of carbonyl (C=O) groups is 1. The first-order valence-corrected chi connectivity index (χ1v) is 10.4. The number of aryl methyl sites for hydroxylation is 2. The van der Waals surface area contributed by atoms with Crippen molar-refractivity contribution < 1.29 is 24.1 Å². The fourth-order valence-corrected chi connectivity index (χ4v) is 3.82. The van der Waals surface area contributed by atoms with E-state index in [1.54, 1.807) is 6.92 Å². The normalized spacial score (nSPS) is 13.8. The zero-order chi connectivity index (χ0) is 23.4. The molecule has 10 nitrogen and oxygen atoms in total. The third kappa shape index (κ3) is 4.69. The van der Waals surface area contributed by atoms with Crippen LogP contribution in [0.15, 0.2) is 51.1 Å². The van der Waals surface area contributed by atoms with Gasteiger partial charge in [-0.25, -0.2) is 5.43 Å². The number of benzene rings is 2. The lowest BCUT2D eigenvalue weighted by molar-refractivity contribution is -0.385. The van der Waals surface area contributed by atoms with Crippen molar-refractivity contribution in [2.24, 2.45) is 10.3 Å². The Bertz CT molecular complexity index is 1260. The lowest BCUT2D eigenvalue weighted by Crippen LogP contribution is -2.22. The summed E-state index contributed by atoms with van der Waals surface area (Å²) in [5.41, 5.74) is 4.62. The first-order chi connectivity index (χ1) is 16.0. The molecule has 0 bridgehead atoms. The first-order valence-electron chi connectivity index (χ1n) is 10.4. The SMILES string of the molecule is C/C(=N/OCC(=O)N/N=C\c1c(O)c([N+](=O)[O-])cc2oc3c(c12)CCCC3)c1ccccc1. The fourth-order valence-electron chi connectivity index (χ4n) is 3.82. The molecule has 3 aromatic rings. The second kappa shape index (κ2) is 9.51. The van der Waals surface area contributed by atoms with Crippen molar-refractivity contribution in [3.05, 3.63) is 69.0 Å². The number of phenols is 1. The minimum absolute atomic E-state index is 0.130. The molecule has 1 aliphatic rings. The largest absolute Gasteiger partial charge is 0.502 e. The Hall–Kier alpha value is -4.21. The molecule has 1 heterocycles. The molecule has 2 aromatic carbocycles. The number of nitro benzene ring substituents is 1. The molecule has 0 fully saturated rings. The molecular weight excluding hydrogens is 428 g/mol. The van der Waals surface area contributed by atoms with Crippen molar-refractivity contribution in [2.45, 2.75) is 32.6 Å². The van der Waals surface area contributed by atoms with Crippen LogP contribution in [0.2, 0.25) is 0 Å². The zero-order valence-electron chi connectivity index (χ0n) is 17.9. The van der Waals surface area contributed by atoms with Gasteiger partial charge in [-0.05, 0) is 31.7 Å². The van der Waals surface area contributed by atoms with Crippen LogP contribution in [0.5, 0.6) is 5.75 Å². The number of carbonyl (C=O) groups excluding carboxylic acids is 1. The van der Waals surface area contributed by atoms with Gasteiger partial charge in [0, 0.05) is 17.4 Å². The van der Waals surface area contributed by atoms with E-state index in [-0.39, 0.29) is 12.2 Å². The summed E-state index contributed by atoms with van der Waals surface area (Å²) in [6.45, 7) is 1.38. The summed E-state index contributed by atoms with van der Waals surface area (Å²) >= 11 is 0. The monoisotopic (exact) mass is 450 g/mol. The molecule has 170 valence electrons. The van der Waals surface area contributed by atoms with E-state index in [0.29, 0.717) is 16.7 Å². The third-order valence-corrected chi connectivity index (χ3v) is 5.40. The summed E-state index contributed by atoms with van der Waals surface area (Å²) in [7, 11) is 0. The molecular formula is C23H22N4O6. The van der Waals surface area contributed by atoms with Crippen LogP contribution in [0, 0.1) is 10.1 Å². The number of nitrogens with zero attached hydrogens (tertiary/aromatic N) is 3. The van der Waals surface area contributed by atoms with Gasteiger partial charge in [0.25, 0.3) is 5.91 Å². The molecule has 0 saturated heterocycles. The number of phenolic OH excluding ortho intramolecular Hbond substituents is 1. The highest BCUT2D eigenvalue weighted by atomic mass is 16.6. The van der Waals surface area contributed by atoms with E-state index in [4.69, 9.17) is 9.25 Å². The van der Waals surface area contributed by atoms with E-state index < -0.39 is 22.3 Å². The maximum atomic E-state index is 12.0. The summed E-state index contributed by atoms with van der Waals surface area (Å²) in [4.78, 5) is 27.8. The number of nitrogens with one attached hydrogen (secondary N) is 1. The van der Waals surface area contributed by atoms with Crippen molar-refractivity contribution in [3.8, 4) is 5.75 Å². The predicted molar refractivity (Wildman–Crippen MR) is 122 cm³/mol. The number of furan rings is 1. The fraction of sp³-hybridized carbons (Fsp3) is 0.261. The van der Waals surface area contributed by atoms with Crippen LogP contribution in [-0.4, -0.2) is 34.5 Å². The minimum atomic E-state index is -0.687. The number of aromatic hydroxyl groups is 1. The van der Waals surface area contributed by atoms with Gasteiger partial charge in [0.05, 0.1) is 28.5 Å². The summed E-state index contributed by atoms with van der Waals surface area (Å²) in [5, 5.41) is 30.2. The number of oxime groups is 1. The van der Waals surface area contributed by atoms with Gasteiger partial charge in [0.1, 0.15) is 11.3 Å². The molecule has 1 aliphatic carbocycles. The first kappa shape index (κ1) is 22.0. The quantitative estimate of drug-likeness (QED) is 0.319. The van der Waals surface area contributed by atoms with Gasteiger partial charge in [-0.1, -0.05) is 35.5 Å². The van der Waals surface area contributed by atoms with Crippen molar-refractivity contribution in [2.75, 3.05) is 6.61 Å². The van der Waals surface area contributed by atoms with E-state index >= 15 is 0 Å². The van der Waals surface area contributed by atoms with Gasteiger partial charge in [-0.2, -0.15) is 5.10 Å². The van der Waals surface area contributed by atoms with Crippen LogP contribution >= 0.6 is 0 Å². The van der Waals surface area contributed by atoms with Gasteiger partial charge < -0.3 is 14.4 Å². The predicted octanol–water partition coefficient (Wildman–Crippen LogP) is 3.82.